The van der Waals surface area contributed by atoms with E-state index >= 15 is 0 Å². The Labute approximate surface area is 361 Å². The Morgan fingerprint density at radius 2 is 0.897 bits per heavy atom. The number of benzene rings is 4. The van der Waals surface area contributed by atoms with Crippen molar-refractivity contribution in [2.24, 2.45) is 10.8 Å². The van der Waals surface area contributed by atoms with Crippen molar-refractivity contribution in [1.29, 1.82) is 0 Å². The predicted octanol–water partition coefficient (Wildman–Crippen LogP) is 17.2. The molecule has 2 fully saturated rings. The molecule has 0 aromatic heterocycles. The molecule has 2 atom stereocenters. The third kappa shape index (κ3) is 7.98. The summed E-state index contributed by atoms with van der Waals surface area (Å²) < 4.78 is 0.213. The van der Waals surface area contributed by atoms with E-state index in [9.17, 15) is 17.0 Å². The number of fused-ring (bicyclic) bond motifs is 2. The van der Waals surface area contributed by atoms with Gasteiger partial charge in [-0.2, -0.15) is 0 Å². The van der Waals surface area contributed by atoms with Gasteiger partial charge in [0.05, 0.1) is 0 Å². The van der Waals surface area contributed by atoms with Crippen LogP contribution in [0.5, 0.6) is 0 Å². The molecule has 4 aliphatic rings. The maximum absolute atomic E-state index is 9.21. The molecule has 0 aliphatic heterocycles. The fourth-order valence-electron chi connectivity index (χ4n) is 12.2. The maximum atomic E-state index is 9.21. The molecule has 0 amide bonds. The monoisotopic (exact) mass is 905 g/mol. The molecule has 0 heterocycles. The van der Waals surface area contributed by atoms with Crippen LogP contribution in [-0.2, 0) is 28.4 Å². The minimum atomic E-state index is -5.08. The Kier molecular flexibility index (Phi) is 12.6. The van der Waals surface area contributed by atoms with Crippen molar-refractivity contribution in [3.63, 3.8) is 0 Å². The first-order valence-corrected chi connectivity index (χ1v) is 39.6. The van der Waals surface area contributed by atoms with Gasteiger partial charge in [0.15, 0.2) is 0 Å². The van der Waals surface area contributed by atoms with Crippen molar-refractivity contribution in [3.8, 4) is 22.3 Å². The number of hydrogen-bond donors (Lipinski definition) is 0. The zero-order chi connectivity index (χ0) is 40.7. The molecule has 4 aromatic carbocycles. The number of allylic oxidation sites excluding steroid dienone is 2. The summed E-state index contributed by atoms with van der Waals surface area (Å²) in [4.78, 5) is 0. The molecule has 0 bridgehead atoms. The van der Waals surface area contributed by atoms with Crippen molar-refractivity contribution in [1.82, 2.24) is 0 Å². The molecule has 0 nitrogen and oxygen atoms in total. The molecule has 4 aromatic rings. The minimum absolute atomic E-state index is 0.107. The first kappa shape index (κ1) is 42.7. The van der Waals surface area contributed by atoms with Crippen LogP contribution in [0.25, 0.3) is 34.4 Å². The molecule has 2 unspecified atom stereocenters. The van der Waals surface area contributed by atoms with Gasteiger partial charge in [0.2, 0.25) is 0 Å². The summed E-state index contributed by atoms with van der Waals surface area (Å²) in [6.45, 7) is 14.8. The summed E-state index contributed by atoms with van der Waals surface area (Å²) in [5.74, 6) is -1.73. The number of rotatable bonds is 11. The number of halogens is 2. The van der Waals surface area contributed by atoms with Crippen LogP contribution in [0.2, 0.25) is 13.1 Å². The Hall–Kier alpha value is -1.96. The number of aryl methyl sites for hydroxylation is 2. The standard InChI is InChI=1S/2C26H31.C2H7Si.2ClH.Zr/c2*1-3-20-11-13-22(14-12-20)24-10-8-9-23-17-21(18-25(23)24)19-26(2)15-6-4-5-7-16-26;1-3-2;;;/h2*8-14,17-18H,3-7,15-16,19H2,1-2H3;3H,1-2H3;2*1H;/q;;;;;+2/p-2. The van der Waals surface area contributed by atoms with Crippen LogP contribution in [0.15, 0.2) is 96.1 Å². The summed E-state index contributed by atoms with van der Waals surface area (Å²) in [6, 6.07) is 33.0. The van der Waals surface area contributed by atoms with E-state index in [0.29, 0.717) is 0 Å². The normalized spacial score (nSPS) is 22.3. The number of hydrogen-bond acceptors (Lipinski definition) is 0. The van der Waals surface area contributed by atoms with E-state index in [1.165, 1.54) is 133 Å². The predicted molar refractivity (Wildman–Crippen MR) is 255 cm³/mol. The Morgan fingerprint density at radius 3 is 1.22 bits per heavy atom. The summed E-state index contributed by atoms with van der Waals surface area (Å²) in [5.41, 5.74) is 17.4. The van der Waals surface area contributed by atoms with Crippen LogP contribution in [0.1, 0.15) is 158 Å². The van der Waals surface area contributed by atoms with Crippen molar-refractivity contribution >= 4 is 35.1 Å². The van der Waals surface area contributed by atoms with Crippen LogP contribution < -0.4 is 0 Å². The van der Waals surface area contributed by atoms with Crippen molar-refractivity contribution < 1.29 is 15.6 Å². The molecule has 58 heavy (non-hydrogen) atoms. The third-order valence-corrected chi connectivity index (χ3v) is 67.6. The molecule has 0 N–H and O–H groups in total. The Balaban J connectivity index is 1.34. The molecule has 8 rings (SSSR count). The van der Waals surface area contributed by atoms with Gasteiger partial charge in [-0.15, -0.1) is 0 Å². The van der Waals surface area contributed by atoms with Crippen molar-refractivity contribution in [2.45, 2.75) is 151 Å². The van der Waals surface area contributed by atoms with Crippen LogP contribution in [0.4, 0.5) is 0 Å². The summed E-state index contributed by atoms with van der Waals surface area (Å²) in [7, 11) is 18.4. The van der Waals surface area contributed by atoms with Gasteiger partial charge >= 0.3 is 364 Å². The van der Waals surface area contributed by atoms with E-state index < -0.39 is 21.5 Å². The molecular formula is C54H69Cl2SiZr. The van der Waals surface area contributed by atoms with Gasteiger partial charge in [-0.1, -0.05) is 0 Å². The van der Waals surface area contributed by atoms with E-state index in [2.05, 4.69) is 138 Å². The SMILES string of the molecule is CCc1ccc(-c2cccc3c2C=C(CC2(C)CCCCCC2)[CH]3[Zr]([Cl])([Cl])([CH]2C(CC3(C)CCCCCC3)=Cc3c(-c4ccc(CC)cc4)cccc32)[SiH](C)C)cc1. The second kappa shape index (κ2) is 17.1. The van der Waals surface area contributed by atoms with Crippen molar-refractivity contribution in [2.75, 3.05) is 0 Å². The van der Waals surface area contributed by atoms with Gasteiger partial charge in [0.1, 0.15) is 0 Å². The second-order valence-electron chi connectivity index (χ2n) is 20.2. The molecule has 0 radical (unpaired) electrons. The van der Waals surface area contributed by atoms with E-state index in [1.54, 1.807) is 11.1 Å². The fourth-order valence-corrected chi connectivity index (χ4v) is 43.5. The van der Waals surface area contributed by atoms with Crippen LogP contribution >= 0.6 is 17.0 Å². The van der Waals surface area contributed by atoms with E-state index in [-0.39, 0.29) is 18.1 Å². The zero-order valence-electron chi connectivity index (χ0n) is 36.5. The van der Waals surface area contributed by atoms with Gasteiger partial charge in [-0.3, -0.25) is 0 Å². The van der Waals surface area contributed by atoms with E-state index in [4.69, 9.17) is 0 Å². The topological polar surface area (TPSA) is 0 Å². The average Bonchev–Trinajstić information content (AvgIpc) is 3.61. The summed E-state index contributed by atoms with van der Waals surface area (Å²) >= 11 is -5.08. The van der Waals surface area contributed by atoms with Gasteiger partial charge < -0.3 is 0 Å². The fraction of sp³-hybridized carbons (Fsp3) is 0.481. The van der Waals surface area contributed by atoms with Gasteiger partial charge in [-0.25, -0.2) is 0 Å². The third-order valence-electron chi connectivity index (χ3n) is 15.7. The van der Waals surface area contributed by atoms with Gasteiger partial charge in [0.25, 0.3) is 0 Å². The summed E-state index contributed by atoms with van der Waals surface area (Å²) in [6.07, 6.45) is 25.5. The second-order valence-corrected chi connectivity index (χ2v) is 62.7. The summed E-state index contributed by atoms with van der Waals surface area (Å²) in [5, 5.41) is 0. The molecule has 0 spiro atoms. The molecule has 4 heteroatoms. The van der Waals surface area contributed by atoms with Gasteiger partial charge in [0, 0.05) is 0 Å². The van der Waals surface area contributed by atoms with Crippen LogP contribution in [-0.4, -0.2) is 5.92 Å². The quantitative estimate of drug-likeness (QED) is 0.104. The first-order chi connectivity index (χ1) is 27.9. The molecule has 0 saturated heterocycles. The van der Waals surface area contributed by atoms with E-state index in [0.717, 1.165) is 25.7 Å². The van der Waals surface area contributed by atoms with Crippen LogP contribution in [0.3, 0.4) is 0 Å². The van der Waals surface area contributed by atoms with Crippen molar-refractivity contribution in [3.05, 3.63) is 129 Å². The molecule has 4 aliphatic carbocycles. The van der Waals surface area contributed by atoms with Gasteiger partial charge in [-0.05, 0) is 0 Å². The average molecular weight is 908 g/mol. The molecule has 2 saturated carbocycles. The molecule has 307 valence electrons. The van der Waals surface area contributed by atoms with Crippen LogP contribution in [0, 0.1) is 10.8 Å². The first-order valence-electron chi connectivity index (χ1n) is 23.3. The zero-order valence-corrected chi connectivity index (χ0v) is 41.7. The Bertz CT molecular complexity index is 2010. The van der Waals surface area contributed by atoms with E-state index in [1.807, 2.05) is 0 Å². The molecular weight excluding hydrogens is 839 g/mol. The Morgan fingerprint density at radius 1 is 0.534 bits per heavy atom.